The Morgan fingerprint density at radius 3 is 1.37 bits per heavy atom. The van der Waals surface area contributed by atoms with E-state index in [1.165, 1.54) is 0 Å². The minimum absolute atomic E-state index is 0. The predicted octanol–water partition coefficient (Wildman–Crippen LogP) is -5.36. The number of carbonyl (C=O) groups is 2. The van der Waals surface area contributed by atoms with Crippen molar-refractivity contribution in [3.8, 4) is 0 Å². The number of unbranched alkanes of at least 4 members (excludes halogenated alkanes) is 4. The summed E-state index contributed by atoms with van der Waals surface area (Å²) < 4.78 is 0. The molecule has 0 atom stereocenters. The zero-order valence-electron chi connectivity index (χ0n) is 12.8. The maximum Gasteiger partial charge on any atom is 1.00 e. The van der Waals surface area contributed by atoms with Gasteiger partial charge in [0.1, 0.15) is 0 Å². The van der Waals surface area contributed by atoms with Crippen LogP contribution in [0.4, 0.5) is 0 Å². The third-order valence-corrected chi connectivity index (χ3v) is 3.20. The van der Waals surface area contributed by atoms with Crippen molar-refractivity contribution < 1.29 is 68.2 Å². The zero-order valence-corrected chi connectivity index (χ0v) is 14.8. The van der Waals surface area contributed by atoms with E-state index in [2.05, 4.69) is 0 Å². The van der Waals surface area contributed by atoms with E-state index in [4.69, 9.17) is 0 Å². The molecule has 0 amide bonds. The van der Waals surface area contributed by atoms with E-state index in [1.807, 2.05) is 13.8 Å². The van der Waals surface area contributed by atoms with Crippen LogP contribution < -0.4 is 58.6 Å². The first kappa shape index (κ1) is 24.5. The van der Waals surface area contributed by atoms with Crippen LogP contribution in [-0.4, -0.2) is 11.9 Å². The summed E-state index contributed by atoms with van der Waals surface area (Å²) in [6.45, 7) is 3.97. The average Bonchev–Trinajstić information content (AvgIpc) is 2.26. The van der Waals surface area contributed by atoms with Crippen LogP contribution in [0.25, 0.3) is 0 Å². The summed E-state index contributed by atoms with van der Waals surface area (Å²) >= 11 is 0. The number of rotatable bonds is 10. The molecule has 0 heterocycles. The van der Waals surface area contributed by atoms with Gasteiger partial charge in [0.05, 0.1) is 11.9 Å². The van der Waals surface area contributed by atoms with Gasteiger partial charge < -0.3 is 19.8 Å². The number of carbonyl (C=O) groups excluding carboxylic acids is 2. The van der Waals surface area contributed by atoms with Crippen molar-refractivity contribution in [2.24, 2.45) is 5.41 Å². The van der Waals surface area contributed by atoms with Gasteiger partial charge in [0, 0.05) is 5.41 Å². The SMILES string of the molecule is CCCCCC(CCCCC)(C(=O)[O-])C(=O)[O-].[Li+].[Na+]. The Balaban J connectivity index is -0.00000128. The third-order valence-electron chi connectivity index (χ3n) is 3.20. The average molecular weight is 272 g/mol. The Morgan fingerprint density at radius 1 is 0.842 bits per heavy atom. The number of carboxylic acids is 2. The molecule has 0 saturated carbocycles. The molecule has 0 unspecified atom stereocenters. The zero-order chi connectivity index (χ0) is 13.3. The molecule has 0 spiro atoms. The molecule has 0 saturated heterocycles. The van der Waals surface area contributed by atoms with Crippen LogP contribution in [0.15, 0.2) is 0 Å². The molecule has 0 N–H and O–H groups in total. The second-order valence-corrected chi connectivity index (χ2v) is 4.57. The number of hydrogen-bond donors (Lipinski definition) is 0. The summed E-state index contributed by atoms with van der Waals surface area (Å²) in [6, 6.07) is 0. The molecule has 0 bridgehead atoms. The maximum absolute atomic E-state index is 11.1. The van der Waals surface area contributed by atoms with Gasteiger partial charge in [-0.1, -0.05) is 52.4 Å². The van der Waals surface area contributed by atoms with E-state index in [1.54, 1.807) is 0 Å². The summed E-state index contributed by atoms with van der Waals surface area (Å²) in [7, 11) is 0. The Hall–Kier alpha value is 0.537. The largest absolute Gasteiger partial charge is 1.00 e. The molecule has 0 radical (unpaired) electrons. The molecule has 4 nitrogen and oxygen atoms in total. The Bertz CT molecular complexity index is 233. The molecule has 0 aromatic carbocycles. The monoisotopic (exact) mass is 272 g/mol. The van der Waals surface area contributed by atoms with Gasteiger partial charge in [-0.25, -0.2) is 0 Å². The molecule has 19 heavy (non-hydrogen) atoms. The Kier molecular flexibility index (Phi) is 17.5. The van der Waals surface area contributed by atoms with Crippen LogP contribution in [0.3, 0.4) is 0 Å². The third kappa shape index (κ3) is 8.42. The standard InChI is InChI=1S/C13H24O4.Li.Na/c1-3-5-7-9-13(11(14)15,12(16)17)10-8-6-4-2;;/h3-10H2,1-2H3,(H,14,15)(H,16,17);;/q;2*+1/p-2. The summed E-state index contributed by atoms with van der Waals surface area (Å²) in [5.74, 6) is -2.99. The van der Waals surface area contributed by atoms with Gasteiger partial charge in [-0.15, -0.1) is 0 Å². The van der Waals surface area contributed by atoms with Crippen LogP contribution in [-0.2, 0) is 9.59 Å². The van der Waals surface area contributed by atoms with Crippen molar-refractivity contribution in [1.29, 1.82) is 0 Å². The van der Waals surface area contributed by atoms with Gasteiger partial charge in [-0.3, -0.25) is 0 Å². The van der Waals surface area contributed by atoms with E-state index in [0.29, 0.717) is 12.8 Å². The normalized spacial score (nSPS) is 10.2. The van der Waals surface area contributed by atoms with E-state index in [9.17, 15) is 19.8 Å². The molecule has 0 aromatic heterocycles. The minimum atomic E-state index is -1.79. The second-order valence-electron chi connectivity index (χ2n) is 4.57. The van der Waals surface area contributed by atoms with Crippen molar-refractivity contribution >= 4 is 11.9 Å². The van der Waals surface area contributed by atoms with Crippen molar-refractivity contribution in [3.63, 3.8) is 0 Å². The van der Waals surface area contributed by atoms with E-state index in [0.717, 1.165) is 25.7 Å². The molecule has 0 aliphatic heterocycles. The fourth-order valence-electron chi connectivity index (χ4n) is 1.97. The van der Waals surface area contributed by atoms with E-state index >= 15 is 0 Å². The Morgan fingerprint density at radius 2 is 1.16 bits per heavy atom. The molecule has 100 valence electrons. The summed E-state index contributed by atoms with van der Waals surface area (Å²) in [5, 5.41) is 22.2. The van der Waals surface area contributed by atoms with E-state index < -0.39 is 17.4 Å². The quantitative estimate of drug-likeness (QED) is 0.226. The first-order chi connectivity index (χ1) is 8.01. The minimum Gasteiger partial charge on any atom is -0.549 e. The summed E-state index contributed by atoms with van der Waals surface area (Å²) in [6.07, 6.45) is 4.92. The fourth-order valence-corrected chi connectivity index (χ4v) is 1.97. The van der Waals surface area contributed by atoms with Crippen molar-refractivity contribution in [2.45, 2.75) is 65.2 Å². The number of carboxylic acid groups (broad SMARTS) is 2. The molecule has 0 aliphatic carbocycles. The first-order valence-electron chi connectivity index (χ1n) is 6.44. The van der Waals surface area contributed by atoms with Gasteiger partial charge in [0.15, 0.2) is 0 Å². The van der Waals surface area contributed by atoms with Gasteiger partial charge in [-0.05, 0) is 12.8 Å². The molecular weight excluding hydrogens is 250 g/mol. The van der Waals surface area contributed by atoms with Crippen LogP contribution >= 0.6 is 0 Å². The second kappa shape index (κ2) is 13.5. The van der Waals surface area contributed by atoms with Crippen molar-refractivity contribution in [2.75, 3.05) is 0 Å². The molecular formula is C13H22LiNaO4. The van der Waals surface area contributed by atoms with Crippen LogP contribution in [0.1, 0.15) is 65.2 Å². The number of aliphatic carboxylic acids is 2. The molecule has 0 rings (SSSR count). The molecule has 6 heteroatoms. The maximum atomic E-state index is 11.1. The van der Waals surface area contributed by atoms with Crippen LogP contribution in [0, 0.1) is 5.41 Å². The van der Waals surface area contributed by atoms with Gasteiger partial charge in [0.2, 0.25) is 0 Å². The van der Waals surface area contributed by atoms with Gasteiger partial charge >= 0.3 is 48.4 Å². The fraction of sp³-hybridized carbons (Fsp3) is 0.846. The Labute approximate surface area is 150 Å². The van der Waals surface area contributed by atoms with Gasteiger partial charge in [0.25, 0.3) is 0 Å². The summed E-state index contributed by atoms with van der Waals surface area (Å²) in [5.41, 5.74) is -1.79. The molecule has 0 fully saturated rings. The molecule has 0 aromatic rings. The predicted molar refractivity (Wildman–Crippen MR) is 60.7 cm³/mol. The summed E-state index contributed by atoms with van der Waals surface area (Å²) in [4.78, 5) is 22.2. The first-order valence-corrected chi connectivity index (χ1v) is 6.44. The van der Waals surface area contributed by atoms with E-state index in [-0.39, 0.29) is 61.3 Å². The molecule has 0 aliphatic rings. The van der Waals surface area contributed by atoms with Crippen molar-refractivity contribution in [3.05, 3.63) is 0 Å². The van der Waals surface area contributed by atoms with Crippen LogP contribution in [0.2, 0.25) is 0 Å². The van der Waals surface area contributed by atoms with Gasteiger partial charge in [-0.2, -0.15) is 0 Å². The smallest absolute Gasteiger partial charge is 0.549 e. The van der Waals surface area contributed by atoms with Crippen LogP contribution in [0.5, 0.6) is 0 Å². The topological polar surface area (TPSA) is 80.3 Å². The van der Waals surface area contributed by atoms with Crippen molar-refractivity contribution in [1.82, 2.24) is 0 Å². The number of hydrogen-bond acceptors (Lipinski definition) is 4.